The molecule has 0 bridgehead atoms. The van der Waals surface area contributed by atoms with Crippen LogP contribution in [0.15, 0.2) is 23.2 Å². The van der Waals surface area contributed by atoms with Crippen molar-refractivity contribution in [3.05, 3.63) is 29.8 Å². The molecule has 1 heterocycles. The minimum atomic E-state index is -0.596. The number of nitrogens with zero attached hydrogens (tertiary/aromatic N) is 1. The second-order valence-corrected chi connectivity index (χ2v) is 4.75. The molecule has 0 amide bonds. The van der Waals surface area contributed by atoms with E-state index in [1.54, 1.807) is 11.8 Å². The minimum absolute atomic E-state index is 0.257. The molecule has 0 saturated heterocycles. The maximum Gasteiger partial charge on any atom is 0.161 e. The average Bonchev–Trinajstić information content (AvgIpc) is 2.22. The summed E-state index contributed by atoms with van der Waals surface area (Å²) < 4.78 is 26.0. The van der Waals surface area contributed by atoms with E-state index in [-0.39, 0.29) is 11.7 Å². The highest BCUT2D eigenvalue weighted by atomic mass is 32.2. The lowest BCUT2D eigenvalue weighted by Crippen LogP contribution is -2.18. The first-order valence-corrected chi connectivity index (χ1v) is 6.06. The van der Waals surface area contributed by atoms with Gasteiger partial charge in [0, 0.05) is 11.8 Å². The third-order valence-corrected chi connectivity index (χ3v) is 3.21. The molecule has 0 saturated carbocycles. The van der Waals surface area contributed by atoms with Crippen molar-refractivity contribution in [1.82, 2.24) is 0 Å². The molecule has 1 aromatic rings. The highest BCUT2D eigenvalue weighted by Crippen LogP contribution is 2.21. The number of amidine groups is 1. The summed E-state index contributed by atoms with van der Waals surface area (Å²) in [5, 5.41) is 3.58. The van der Waals surface area contributed by atoms with Gasteiger partial charge in [0.05, 0.1) is 11.7 Å². The fourth-order valence-corrected chi connectivity index (χ4v) is 2.49. The number of nitrogens with one attached hydrogen (secondary N) is 1. The van der Waals surface area contributed by atoms with E-state index in [0.29, 0.717) is 5.17 Å². The van der Waals surface area contributed by atoms with Crippen LogP contribution >= 0.6 is 11.8 Å². The van der Waals surface area contributed by atoms with E-state index in [9.17, 15) is 8.78 Å². The summed E-state index contributed by atoms with van der Waals surface area (Å²) in [7, 11) is 0. The van der Waals surface area contributed by atoms with Crippen molar-refractivity contribution >= 4 is 22.6 Å². The van der Waals surface area contributed by atoms with Gasteiger partial charge in [-0.05, 0) is 25.5 Å². The van der Waals surface area contributed by atoms with Gasteiger partial charge in [-0.3, -0.25) is 4.99 Å². The van der Waals surface area contributed by atoms with Crippen LogP contribution in [-0.4, -0.2) is 17.0 Å². The molecule has 1 unspecified atom stereocenters. The summed E-state index contributed by atoms with van der Waals surface area (Å²) >= 11 is 1.55. The van der Waals surface area contributed by atoms with Crippen LogP contribution in [0.5, 0.6) is 0 Å². The molecule has 5 heteroatoms. The lowest BCUT2D eigenvalue weighted by Gasteiger charge is -2.17. The van der Waals surface area contributed by atoms with Crippen molar-refractivity contribution < 1.29 is 8.78 Å². The Labute approximate surface area is 97.1 Å². The molecule has 86 valence electrons. The zero-order valence-electron chi connectivity index (χ0n) is 8.84. The molecule has 1 N–H and O–H groups in total. The van der Waals surface area contributed by atoms with Gasteiger partial charge in [0.2, 0.25) is 0 Å². The Morgan fingerprint density at radius 3 is 2.94 bits per heavy atom. The van der Waals surface area contributed by atoms with Crippen LogP contribution in [0.1, 0.15) is 13.3 Å². The van der Waals surface area contributed by atoms with E-state index in [1.165, 1.54) is 12.1 Å². The molecule has 0 radical (unpaired) electrons. The molecule has 0 fully saturated rings. The Kier molecular flexibility index (Phi) is 3.43. The van der Waals surface area contributed by atoms with Crippen LogP contribution in [0.4, 0.5) is 14.5 Å². The normalized spacial score (nSPS) is 20.4. The van der Waals surface area contributed by atoms with Gasteiger partial charge in [0.15, 0.2) is 5.17 Å². The zero-order chi connectivity index (χ0) is 11.5. The zero-order valence-corrected chi connectivity index (χ0v) is 9.65. The monoisotopic (exact) mass is 242 g/mol. The van der Waals surface area contributed by atoms with Crippen molar-refractivity contribution in [3.63, 3.8) is 0 Å². The van der Waals surface area contributed by atoms with Crippen molar-refractivity contribution in [2.45, 2.75) is 19.4 Å². The Morgan fingerprint density at radius 2 is 2.25 bits per heavy atom. The first-order chi connectivity index (χ1) is 7.65. The molecule has 0 spiro atoms. The van der Waals surface area contributed by atoms with Gasteiger partial charge in [0.25, 0.3) is 0 Å². The van der Waals surface area contributed by atoms with Crippen molar-refractivity contribution in [2.75, 3.05) is 11.1 Å². The van der Waals surface area contributed by atoms with E-state index in [1.807, 2.05) is 6.92 Å². The number of hydrogen-bond donors (Lipinski definition) is 1. The topological polar surface area (TPSA) is 24.4 Å². The number of halogens is 2. The summed E-state index contributed by atoms with van der Waals surface area (Å²) in [5.41, 5.74) is 0.266. The van der Waals surface area contributed by atoms with E-state index < -0.39 is 11.6 Å². The highest BCUT2D eigenvalue weighted by molar-refractivity contribution is 8.14. The lowest BCUT2D eigenvalue weighted by molar-refractivity contribution is 0.586. The lowest BCUT2D eigenvalue weighted by atomic mass is 10.3. The number of hydrogen-bond acceptors (Lipinski definition) is 3. The predicted molar refractivity (Wildman–Crippen MR) is 64.0 cm³/mol. The summed E-state index contributed by atoms with van der Waals surface area (Å²) in [6.45, 7) is 2.02. The molecule has 16 heavy (non-hydrogen) atoms. The summed E-state index contributed by atoms with van der Waals surface area (Å²) in [4.78, 5) is 4.35. The Balaban J connectivity index is 2.14. The maximum atomic E-state index is 13.3. The molecule has 1 aromatic carbocycles. The fraction of sp³-hybridized carbons (Fsp3) is 0.364. The molecular weight excluding hydrogens is 230 g/mol. The molecule has 0 aromatic heterocycles. The van der Waals surface area contributed by atoms with Gasteiger partial charge < -0.3 is 5.32 Å². The van der Waals surface area contributed by atoms with E-state index in [2.05, 4.69) is 10.3 Å². The first-order valence-electron chi connectivity index (χ1n) is 5.08. The standard InChI is InChI=1S/C11H12F2N2S/c1-7-4-5-16-11(14-7)15-10-3-2-8(12)6-9(10)13/h2-3,6-7H,4-5H2,1H3,(H,14,15). The van der Waals surface area contributed by atoms with Crippen molar-refractivity contribution in [1.29, 1.82) is 0 Å². The Bertz CT molecular complexity index is 420. The van der Waals surface area contributed by atoms with Gasteiger partial charge in [-0.2, -0.15) is 0 Å². The SMILES string of the molecule is CC1CCSC(Nc2ccc(F)cc2F)=N1. The minimum Gasteiger partial charge on any atom is -0.333 e. The fourth-order valence-electron chi connectivity index (χ4n) is 1.40. The van der Waals surface area contributed by atoms with E-state index in [0.717, 1.165) is 18.2 Å². The first kappa shape index (κ1) is 11.4. The molecule has 1 aliphatic rings. The van der Waals surface area contributed by atoms with Gasteiger partial charge in [-0.15, -0.1) is 0 Å². The molecule has 0 aliphatic carbocycles. The van der Waals surface area contributed by atoms with Gasteiger partial charge >= 0.3 is 0 Å². The third-order valence-electron chi connectivity index (χ3n) is 2.28. The van der Waals surface area contributed by atoms with Crippen molar-refractivity contribution in [3.8, 4) is 0 Å². The summed E-state index contributed by atoms with van der Waals surface area (Å²) in [6.07, 6.45) is 1.03. The third kappa shape index (κ3) is 2.72. The second kappa shape index (κ2) is 4.82. The number of benzene rings is 1. The molecular formula is C11H12F2N2S. The van der Waals surface area contributed by atoms with Crippen LogP contribution in [-0.2, 0) is 0 Å². The quantitative estimate of drug-likeness (QED) is 0.817. The predicted octanol–water partition coefficient (Wildman–Crippen LogP) is 3.26. The summed E-state index contributed by atoms with van der Waals surface area (Å²) in [5.74, 6) is -0.202. The van der Waals surface area contributed by atoms with Gasteiger partial charge in [-0.25, -0.2) is 8.78 Å². The molecule has 1 aliphatic heterocycles. The largest absolute Gasteiger partial charge is 0.333 e. The number of rotatable bonds is 1. The van der Waals surface area contributed by atoms with Gasteiger partial charge in [-0.1, -0.05) is 11.8 Å². The van der Waals surface area contributed by atoms with Crippen LogP contribution < -0.4 is 5.32 Å². The average molecular weight is 242 g/mol. The highest BCUT2D eigenvalue weighted by Gasteiger charge is 2.13. The molecule has 2 nitrogen and oxygen atoms in total. The van der Waals surface area contributed by atoms with Crippen LogP contribution in [0.3, 0.4) is 0 Å². The second-order valence-electron chi connectivity index (χ2n) is 3.67. The molecule has 1 atom stereocenters. The smallest absolute Gasteiger partial charge is 0.161 e. The Morgan fingerprint density at radius 1 is 1.44 bits per heavy atom. The Hall–Kier alpha value is -1.10. The number of thioether (sulfide) groups is 1. The molecule has 2 rings (SSSR count). The number of aliphatic imine (C=N–C) groups is 1. The van der Waals surface area contributed by atoms with Crippen molar-refractivity contribution in [2.24, 2.45) is 4.99 Å². The number of anilines is 1. The van der Waals surface area contributed by atoms with Crippen LogP contribution in [0.25, 0.3) is 0 Å². The maximum absolute atomic E-state index is 13.3. The van der Waals surface area contributed by atoms with Crippen LogP contribution in [0, 0.1) is 11.6 Å². The van der Waals surface area contributed by atoms with E-state index >= 15 is 0 Å². The van der Waals surface area contributed by atoms with E-state index in [4.69, 9.17) is 0 Å². The summed E-state index contributed by atoms with van der Waals surface area (Å²) in [6, 6.07) is 3.72. The van der Waals surface area contributed by atoms with Crippen LogP contribution in [0.2, 0.25) is 0 Å². The van der Waals surface area contributed by atoms with Gasteiger partial charge in [0.1, 0.15) is 11.6 Å².